The van der Waals surface area contributed by atoms with Crippen LogP contribution in [0.15, 0.2) is 48.5 Å². The minimum Gasteiger partial charge on any atom is -0.452 e. The normalized spacial score (nSPS) is 10.5. The molecule has 0 bridgehead atoms. The van der Waals surface area contributed by atoms with Crippen molar-refractivity contribution in [1.29, 1.82) is 0 Å². The largest absolute Gasteiger partial charge is 0.452 e. The number of anilines is 1. The van der Waals surface area contributed by atoms with E-state index in [2.05, 4.69) is 5.32 Å². The zero-order valence-corrected chi connectivity index (χ0v) is 14.4. The van der Waals surface area contributed by atoms with Crippen LogP contribution in [0, 0.1) is 24.0 Å². The molecule has 7 nitrogen and oxygen atoms in total. The third kappa shape index (κ3) is 5.01. The number of ether oxygens (including phenoxy) is 1. The van der Waals surface area contributed by atoms with Gasteiger partial charge in [-0.25, -0.2) is 4.79 Å². The van der Waals surface area contributed by atoms with Crippen molar-refractivity contribution in [1.82, 2.24) is 0 Å². The molecule has 0 saturated heterocycles. The van der Waals surface area contributed by atoms with E-state index in [1.165, 1.54) is 24.3 Å². The maximum Gasteiger partial charge on any atom is 0.331 e. The van der Waals surface area contributed by atoms with Gasteiger partial charge in [-0.1, -0.05) is 30.3 Å². The SMILES string of the molecule is Cc1cccc(C)c1NC(=O)COC(=O)/C=C/c1ccccc1[N+](=O)[O-]. The molecular formula is C19H18N2O5. The summed E-state index contributed by atoms with van der Waals surface area (Å²) in [6.45, 7) is 3.28. The summed E-state index contributed by atoms with van der Waals surface area (Å²) in [7, 11) is 0. The number of hydrogen-bond acceptors (Lipinski definition) is 5. The van der Waals surface area contributed by atoms with Crippen molar-refractivity contribution < 1.29 is 19.2 Å². The van der Waals surface area contributed by atoms with Crippen molar-refractivity contribution >= 4 is 29.3 Å². The second-order valence-corrected chi connectivity index (χ2v) is 5.57. The molecule has 0 aliphatic heterocycles. The lowest BCUT2D eigenvalue weighted by molar-refractivity contribution is -0.385. The number of nitro groups is 1. The maximum absolute atomic E-state index is 11.9. The minimum atomic E-state index is -0.764. The fourth-order valence-electron chi connectivity index (χ4n) is 2.32. The average molecular weight is 354 g/mol. The molecule has 2 aromatic rings. The van der Waals surface area contributed by atoms with E-state index < -0.39 is 23.4 Å². The number of carbonyl (C=O) groups is 2. The molecule has 0 saturated carbocycles. The van der Waals surface area contributed by atoms with Crippen molar-refractivity contribution in [3.8, 4) is 0 Å². The number of hydrogen-bond donors (Lipinski definition) is 1. The van der Waals surface area contributed by atoms with Crippen LogP contribution >= 0.6 is 0 Å². The van der Waals surface area contributed by atoms with Crippen LogP contribution in [0.4, 0.5) is 11.4 Å². The van der Waals surface area contributed by atoms with Gasteiger partial charge in [-0.3, -0.25) is 14.9 Å². The number of esters is 1. The molecule has 0 heterocycles. The molecular weight excluding hydrogens is 336 g/mol. The number of nitrogens with one attached hydrogen (secondary N) is 1. The predicted molar refractivity (Wildman–Crippen MR) is 97.6 cm³/mol. The van der Waals surface area contributed by atoms with E-state index in [4.69, 9.17) is 4.74 Å². The highest BCUT2D eigenvalue weighted by Gasteiger charge is 2.11. The fraction of sp³-hybridized carbons (Fsp3) is 0.158. The monoisotopic (exact) mass is 354 g/mol. The standard InChI is InChI=1S/C19H18N2O5/c1-13-6-5-7-14(2)19(13)20-17(22)12-26-18(23)11-10-15-8-3-4-9-16(15)21(24)25/h3-11H,12H2,1-2H3,(H,20,22)/b11-10+. The second kappa shape index (κ2) is 8.57. The van der Waals surface area contributed by atoms with Crippen molar-refractivity contribution in [2.24, 2.45) is 0 Å². The van der Waals surface area contributed by atoms with Gasteiger partial charge in [-0.15, -0.1) is 0 Å². The summed E-state index contributed by atoms with van der Waals surface area (Å²) in [5.74, 6) is -1.23. The highest BCUT2D eigenvalue weighted by atomic mass is 16.6. The molecule has 0 atom stereocenters. The maximum atomic E-state index is 11.9. The van der Waals surface area contributed by atoms with Crippen molar-refractivity contribution in [2.45, 2.75) is 13.8 Å². The predicted octanol–water partition coefficient (Wildman–Crippen LogP) is 3.41. The summed E-state index contributed by atoms with van der Waals surface area (Å²) in [6.07, 6.45) is 2.33. The van der Waals surface area contributed by atoms with E-state index in [0.29, 0.717) is 5.69 Å². The number of nitrogens with zero attached hydrogens (tertiary/aromatic N) is 1. The quantitative estimate of drug-likeness (QED) is 0.371. The Balaban J connectivity index is 1.93. The molecule has 134 valence electrons. The summed E-state index contributed by atoms with van der Waals surface area (Å²) in [5.41, 5.74) is 2.64. The van der Waals surface area contributed by atoms with Crippen LogP contribution in [0.5, 0.6) is 0 Å². The van der Waals surface area contributed by atoms with Crippen LogP contribution in [0.2, 0.25) is 0 Å². The van der Waals surface area contributed by atoms with Crippen LogP contribution in [0.3, 0.4) is 0 Å². The summed E-state index contributed by atoms with van der Waals surface area (Å²) >= 11 is 0. The van der Waals surface area contributed by atoms with Crippen LogP contribution in [0.1, 0.15) is 16.7 Å². The Bertz CT molecular complexity index is 854. The lowest BCUT2D eigenvalue weighted by atomic mass is 10.1. The highest BCUT2D eigenvalue weighted by Crippen LogP contribution is 2.20. The first-order valence-electron chi connectivity index (χ1n) is 7.83. The van der Waals surface area contributed by atoms with E-state index in [1.54, 1.807) is 6.07 Å². The molecule has 2 aromatic carbocycles. The zero-order chi connectivity index (χ0) is 19.1. The lowest BCUT2D eigenvalue weighted by Crippen LogP contribution is -2.21. The summed E-state index contributed by atoms with van der Waals surface area (Å²) in [6, 6.07) is 11.6. The molecule has 0 aromatic heterocycles. The Hall–Kier alpha value is -3.48. The van der Waals surface area contributed by atoms with Gasteiger partial charge in [0.1, 0.15) is 0 Å². The molecule has 0 radical (unpaired) electrons. The molecule has 1 amide bonds. The van der Waals surface area contributed by atoms with Gasteiger partial charge in [-0.05, 0) is 37.1 Å². The number of rotatable bonds is 6. The third-order valence-electron chi connectivity index (χ3n) is 3.62. The molecule has 0 unspecified atom stereocenters. The summed E-state index contributed by atoms with van der Waals surface area (Å²) in [4.78, 5) is 34.0. The van der Waals surface area contributed by atoms with Gasteiger partial charge in [0.05, 0.1) is 10.5 Å². The van der Waals surface area contributed by atoms with Gasteiger partial charge in [0, 0.05) is 17.8 Å². The van der Waals surface area contributed by atoms with Crippen molar-refractivity contribution in [2.75, 3.05) is 11.9 Å². The van der Waals surface area contributed by atoms with Crippen LogP contribution in [0.25, 0.3) is 6.08 Å². The number of nitro benzene ring substituents is 1. The number of benzene rings is 2. The Morgan fingerprint density at radius 2 is 1.77 bits per heavy atom. The molecule has 0 aliphatic rings. The smallest absolute Gasteiger partial charge is 0.331 e. The summed E-state index contributed by atoms with van der Waals surface area (Å²) < 4.78 is 4.87. The van der Waals surface area contributed by atoms with Crippen molar-refractivity contribution in [3.05, 3.63) is 75.3 Å². The number of amides is 1. The van der Waals surface area contributed by atoms with E-state index in [9.17, 15) is 19.7 Å². The van der Waals surface area contributed by atoms with Crippen molar-refractivity contribution in [3.63, 3.8) is 0 Å². The Morgan fingerprint density at radius 3 is 2.42 bits per heavy atom. The summed E-state index contributed by atoms with van der Waals surface area (Å²) in [5, 5.41) is 13.6. The van der Waals surface area contributed by atoms with Crippen LogP contribution < -0.4 is 5.32 Å². The first-order valence-corrected chi connectivity index (χ1v) is 7.83. The number of para-hydroxylation sites is 2. The molecule has 26 heavy (non-hydrogen) atoms. The van der Waals surface area contributed by atoms with E-state index in [1.807, 2.05) is 32.0 Å². The topological polar surface area (TPSA) is 98.5 Å². The van der Waals surface area contributed by atoms with Gasteiger partial charge in [-0.2, -0.15) is 0 Å². The van der Waals surface area contributed by atoms with E-state index in [0.717, 1.165) is 17.2 Å². The molecule has 0 fully saturated rings. The Labute approximate surface area is 150 Å². The molecule has 1 N–H and O–H groups in total. The average Bonchev–Trinajstić information content (AvgIpc) is 2.61. The van der Waals surface area contributed by atoms with Crippen LogP contribution in [-0.4, -0.2) is 23.4 Å². The number of aryl methyl sites for hydroxylation is 2. The fourth-order valence-corrected chi connectivity index (χ4v) is 2.32. The van der Waals surface area contributed by atoms with Gasteiger partial charge >= 0.3 is 5.97 Å². The molecule has 0 aliphatic carbocycles. The van der Waals surface area contributed by atoms with E-state index in [-0.39, 0.29) is 11.3 Å². The van der Waals surface area contributed by atoms with Gasteiger partial charge in [0.25, 0.3) is 11.6 Å². The molecule has 7 heteroatoms. The Kier molecular flexibility index (Phi) is 6.21. The first-order chi connectivity index (χ1) is 12.4. The third-order valence-corrected chi connectivity index (χ3v) is 3.62. The molecule has 0 spiro atoms. The Morgan fingerprint density at radius 1 is 1.12 bits per heavy atom. The van der Waals surface area contributed by atoms with E-state index >= 15 is 0 Å². The number of carbonyl (C=O) groups excluding carboxylic acids is 2. The lowest BCUT2D eigenvalue weighted by Gasteiger charge is -2.11. The van der Waals surface area contributed by atoms with Gasteiger partial charge in [0.2, 0.25) is 0 Å². The highest BCUT2D eigenvalue weighted by molar-refractivity contribution is 5.95. The van der Waals surface area contributed by atoms with Gasteiger partial charge in [0.15, 0.2) is 6.61 Å². The zero-order valence-electron chi connectivity index (χ0n) is 14.4. The first kappa shape index (κ1) is 18.9. The second-order valence-electron chi connectivity index (χ2n) is 5.57. The molecule has 2 rings (SSSR count). The van der Waals surface area contributed by atoms with Crippen LogP contribution in [-0.2, 0) is 14.3 Å². The van der Waals surface area contributed by atoms with Gasteiger partial charge < -0.3 is 10.1 Å². The minimum absolute atomic E-state index is 0.121.